The van der Waals surface area contributed by atoms with Gasteiger partial charge >= 0.3 is 0 Å². The van der Waals surface area contributed by atoms with E-state index in [0.29, 0.717) is 0 Å². The van der Waals surface area contributed by atoms with E-state index in [1.54, 1.807) is 0 Å². The zero-order valence-corrected chi connectivity index (χ0v) is 7.68. The van der Waals surface area contributed by atoms with Crippen LogP contribution < -0.4 is 0 Å². The van der Waals surface area contributed by atoms with E-state index in [0.717, 1.165) is 19.3 Å². The molecular formula is C7H15O3S. The van der Waals surface area contributed by atoms with E-state index in [-0.39, 0.29) is 0 Å². The lowest BCUT2D eigenvalue weighted by molar-refractivity contribution is 0.392. The molecule has 0 aliphatic heterocycles. The van der Waals surface area contributed by atoms with Crippen LogP contribution in [0.1, 0.15) is 39.0 Å². The van der Waals surface area contributed by atoms with Crippen LogP contribution in [0.4, 0.5) is 0 Å². The molecule has 0 atom stereocenters. The molecule has 0 spiro atoms. The zero-order chi connectivity index (χ0) is 8.53. The number of hydrogen-bond donors (Lipinski definition) is 1. The fraction of sp³-hybridized carbons (Fsp3) is 0.857. The molecule has 0 N–H and O–H groups in total. The van der Waals surface area contributed by atoms with Gasteiger partial charge in [-0.05, 0) is 6.42 Å². The maximum Gasteiger partial charge on any atom is 0.257 e. The summed E-state index contributed by atoms with van der Waals surface area (Å²) >= 11 is 0. The molecule has 0 rings (SSSR count). The summed E-state index contributed by atoms with van der Waals surface area (Å²) in [7, 11) is -2.68. The van der Waals surface area contributed by atoms with Crippen molar-refractivity contribution in [1.29, 1.82) is 0 Å². The van der Waals surface area contributed by atoms with Crippen LogP contribution in [0.3, 0.4) is 0 Å². The Kier molecular flexibility index (Phi) is 7.95. The van der Waals surface area contributed by atoms with Crippen LogP contribution in [-0.4, -0.2) is 8.42 Å². The average Bonchev–Trinajstić information content (AvgIpc) is 1.96. The molecule has 67 valence electrons. The highest BCUT2D eigenvalue weighted by Gasteiger charge is 1.90. The number of unbranched alkanes of at least 4 members (excludes halogenated alkanes) is 4. The van der Waals surface area contributed by atoms with Gasteiger partial charge in [-0.25, -0.2) is 8.42 Å². The molecule has 11 heavy (non-hydrogen) atoms. The summed E-state index contributed by atoms with van der Waals surface area (Å²) in [5.41, 5.74) is 0. The van der Waals surface area contributed by atoms with Gasteiger partial charge in [-0.15, -0.1) is 0 Å². The Hall–Kier alpha value is -0.0900. The quantitative estimate of drug-likeness (QED) is 0.477. The number of hydrogen-bond acceptors (Lipinski definition) is 3. The minimum Gasteiger partial charge on any atom is -0.266 e. The number of thiol groups is 1. The molecule has 0 fully saturated rings. The first-order valence-corrected chi connectivity index (χ1v) is 4.99. The van der Waals surface area contributed by atoms with Gasteiger partial charge in [-0.2, -0.15) is 0 Å². The molecule has 0 unspecified atom stereocenters. The first kappa shape index (κ1) is 10.9. The molecule has 0 aliphatic carbocycles. The monoisotopic (exact) mass is 179 g/mol. The van der Waals surface area contributed by atoms with Crippen molar-refractivity contribution in [2.24, 2.45) is 0 Å². The summed E-state index contributed by atoms with van der Waals surface area (Å²) in [5.74, 6) is 0. The van der Waals surface area contributed by atoms with E-state index < -0.39 is 11.0 Å². The summed E-state index contributed by atoms with van der Waals surface area (Å²) in [6, 6.07) is 0. The van der Waals surface area contributed by atoms with Crippen molar-refractivity contribution in [2.75, 3.05) is 0 Å². The third kappa shape index (κ3) is 9.91. The Morgan fingerprint density at radius 2 is 2.00 bits per heavy atom. The summed E-state index contributed by atoms with van der Waals surface area (Å²) in [6.45, 7) is 3.48. The molecule has 0 aromatic heterocycles. The Morgan fingerprint density at radius 1 is 1.27 bits per heavy atom. The minimum absolute atomic E-state index is 0.726. The summed E-state index contributed by atoms with van der Waals surface area (Å²) in [5, 5.41) is 0. The van der Waals surface area contributed by atoms with Gasteiger partial charge in [-0.3, -0.25) is 4.18 Å². The van der Waals surface area contributed by atoms with Gasteiger partial charge in [0.15, 0.2) is 0 Å². The molecule has 0 saturated carbocycles. The van der Waals surface area contributed by atoms with Crippen LogP contribution in [0, 0.1) is 6.61 Å². The SMILES string of the molecule is CCCCCC[CH]O[SH](=O)=O. The van der Waals surface area contributed by atoms with Gasteiger partial charge in [0.1, 0.15) is 6.61 Å². The summed E-state index contributed by atoms with van der Waals surface area (Å²) < 4.78 is 24.0. The molecular weight excluding hydrogens is 164 g/mol. The number of rotatable bonds is 7. The smallest absolute Gasteiger partial charge is 0.257 e. The lowest BCUT2D eigenvalue weighted by atomic mass is 10.2. The first-order valence-electron chi connectivity index (χ1n) is 3.90. The van der Waals surface area contributed by atoms with Crippen molar-refractivity contribution in [3.63, 3.8) is 0 Å². The molecule has 0 amide bonds. The Balaban J connectivity index is 2.90. The van der Waals surface area contributed by atoms with Gasteiger partial charge in [-0.1, -0.05) is 32.6 Å². The molecule has 0 bridgehead atoms. The van der Waals surface area contributed by atoms with Crippen LogP contribution in [-0.2, 0) is 15.2 Å². The Morgan fingerprint density at radius 3 is 2.55 bits per heavy atom. The summed E-state index contributed by atoms with van der Waals surface area (Å²) in [4.78, 5) is 0. The average molecular weight is 179 g/mol. The van der Waals surface area contributed by atoms with Crippen molar-refractivity contribution in [2.45, 2.75) is 39.0 Å². The minimum atomic E-state index is -2.68. The molecule has 3 nitrogen and oxygen atoms in total. The normalized spacial score (nSPS) is 10.7. The van der Waals surface area contributed by atoms with Crippen LogP contribution in [0.5, 0.6) is 0 Å². The van der Waals surface area contributed by atoms with Crippen LogP contribution in [0.15, 0.2) is 0 Å². The van der Waals surface area contributed by atoms with Gasteiger partial charge in [0.2, 0.25) is 0 Å². The predicted molar refractivity (Wildman–Crippen MR) is 44.5 cm³/mol. The molecule has 0 aromatic carbocycles. The lowest BCUT2D eigenvalue weighted by Crippen LogP contribution is -1.85. The molecule has 0 heterocycles. The van der Waals surface area contributed by atoms with Crippen molar-refractivity contribution < 1.29 is 12.6 Å². The van der Waals surface area contributed by atoms with Gasteiger partial charge < -0.3 is 0 Å². The fourth-order valence-electron chi connectivity index (χ4n) is 0.768. The highest BCUT2D eigenvalue weighted by Crippen LogP contribution is 2.04. The molecule has 0 saturated heterocycles. The van der Waals surface area contributed by atoms with Crippen molar-refractivity contribution >= 4 is 11.0 Å². The van der Waals surface area contributed by atoms with Crippen LogP contribution in [0.2, 0.25) is 0 Å². The van der Waals surface area contributed by atoms with Crippen molar-refractivity contribution in [3.8, 4) is 0 Å². The highest BCUT2D eigenvalue weighted by molar-refractivity contribution is 7.67. The Labute approximate surface area is 69.9 Å². The second kappa shape index (κ2) is 8.01. The van der Waals surface area contributed by atoms with Gasteiger partial charge in [0.05, 0.1) is 0 Å². The predicted octanol–water partition coefficient (Wildman–Crippen LogP) is 1.66. The molecule has 4 heteroatoms. The van der Waals surface area contributed by atoms with Crippen molar-refractivity contribution in [1.82, 2.24) is 0 Å². The maximum absolute atomic E-state index is 9.87. The molecule has 0 aromatic rings. The van der Waals surface area contributed by atoms with E-state index in [1.807, 2.05) is 0 Å². The van der Waals surface area contributed by atoms with E-state index in [4.69, 9.17) is 0 Å². The zero-order valence-electron chi connectivity index (χ0n) is 6.78. The van der Waals surface area contributed by atoms with E-state index in [2.05, 4.69) is 11.1 Å². The summed E-state index contributed by atoms with van der Waals surface area (Å²) in [6.07, 6.45) is 5.28. The second-order valence-electron chi connectivity index (χ2n) is 2.35. The first-order chi connectivity index (χ1) is 5.27. The highest BCUT2D eigenvalue weighted by atomic mass is 32.2. The van der Waals surface area contributed by atoms with Crippen molar-refractivity contribution in [3.05, 3.63) is 6.61 Å². The van der Waals surface area contributed by atoms with Crippen LogP contribution in [0.25, 0.3) is 0 Å². The van der Waals surface area contributed by atoms with Gasteiger partial charge in [0, 0.05) is 0 Å². The van der Waals surface area contributed by atoms with Gasteiger partial charge in [0.25, 0.3) is 11.0 Å². The standard InChI is InChI=1S/C7H15O3S/c1-2-3-4-5-6-7-10-11(8)9/h7,11H,2-6H2,1H3. The second-order valence-corrected chi connectivity index (χ2v) is 3.00. The fourth-order valence-corrected chi connectivity index (χ4v) is 0.995. The third-order valence-corrected chi connectivity index (χ3v) is 1.66. The largest absolute Gasteiger partial charge is 0.266 e. The lowest BCUT2D eigenvalue weighted by Gasteiger charge is -1.95. The van der Waals surface area contributed by atoms with Crippen LogP contribution >= 0.6 is 0 Å². The van der Waals surface area contributed by atoms with E-state index in [1.165, 1.54) is 19.4 Å². The Bertz CT molecular complexity index is 135. The molecule has 0 aliphatic rings. The maximum atomic E-state index is 9.87. The van der Waals surface area contributed by atoms with E-state index in [9.17, 15) is 8.42 Å². The third-order valence-electron chi connectivity index (χ3n) is 1.34. The topological polar surface area (TPSA) is 43.4 Å². The van der Waals surface area contributed by atoms with E-state index >= 15 is 0 Å². The molecule has 1 radical (unpaired) electrons.